The lowest BCUT2D eigenvalue weighted by molar-refractivity contribution is 0.138. The molecule has 2 N–H and O–H groups in total. The van der Waals surface area contributed by atoms with Crippen molar-refractivity contribution in [2.75, 3.05) is 7.05 Å². The summed E-state index contributed by atoms with van der Waals surface area (Å²) in [5, 5.41) is 12.2. The molecule has 2 heteroatoms. The lowest BCUT2D eigenvalue weighted by Crippen LogP contribution is -2.23. The van der Waals surface area contributed by atoms with Crippen molar-refractivity contribution >= 4 is 0 Å². The van der Waals surface area contributed by atoms with Gasteiger partial charge in [0, 0.05) is 0 Å². The van der Waals surface area contributed by atoms with E-state index in [4.69, 9.17) is 0 Å². The second-order valence-corrected chi connectivity index (χ2v) is 5.84. The van der Waals surface area contributed by atoms with Crippen LogP contribution in [0, 0.1) is 0 Å². The van der Waals surface area contributed by atoms with Crippen molar-refractivity contribution in [3.63, 3.8) is 0 Å². The van der Waals surface area contributed by atoms with Gasteiger partial charge >= 0.3 is 0 Å². The minimum absolute atomic E-state index is 0.378. The van der Waals surface area contributed by atoms with Crippen LogP contribution >= 0.6 is 0 Å². The summed E-state index contributed by atoms with van der Waals surface area (Å²) in [5.74, 6) is 0. The fourth-order valence-corrected chi connectivity index (χ4v) is 1.97. The first-order valence-corrected chi connectivity index (χ1v) is 7.75. The van der Waals surface area contributed by atoms with E-state index in [9.17, 15) is 5.11 Å². The Morgan fingerprint density at radius 1 is 0.900 bits per heavy atom. The van der Waals surface area contributed by atoms with Crippen LogP contribution in [0.3, 0.4) is 0 Å². The average molecular weight is 279 g/mol. The van der Waals surface area contributed by atoms with Crippen LogP contribution < -0.4 is 5.32 Å². The predicted octanol–water partition coefficient (Wildman–Crippen LogP) is 4.72. The highest BCUT2D eigenvalue weighted by Gasteiger charge is 1.97. The normalized spacial score (nSPS) is 14.3. The molecule has 0 aliphatic heterocycles. The van der Waals surface area contributed by atoms with Crippen LogP contribution in [-0.4, -0.2) is 18.4 Å². The summed E-state index contributed by atoms with van der Waals surface area (Å²) in [5.41, 5.74) is 4.31. The SMILES string of the molecule is CNC(O)CC/C=C(\C)CC/C=C(\C)CCC=C(C)C. The maximum absolute atomic E-state index is 9.39. The highest BCUT2D eigenvalue weighted by molar-refractivity contribution is 5.05. The van der Waals surface area contributed by atoms with Crippen LogP contribution in [0.1, 0.15) is 66.2 Å². The van der Waals surface area contributed by atoms with E-state index in [2.05, 4.69) is 51.2 Å². The van der Waals surface area contributed by atoms with E-state index in [0.717, 1.165) is 32.1 Å². The third-order valence-electron chi connectivity index (χ3n) is 3.39. The molecule has 0 heterocycles. The van der Waals surface area contributed by atoms with E-state index in [1.54, 1.807) is 7.05 Å². The number of hydrogen-bond acceptors (Lipinski definition) is 2. The number of nitrogens with one attached hydrogen (secondary N) is 1. The van der Waals surface area contributed by atoms with Gasteiger partial charge in [-0.05, 0) is 73.3 Å². The maximum atomic E-state index is 9.39. The molecule has 0 bridgehead atoms. The third kappa shape index (κ3) is 12.2. The molecular formula is C18H33NO. The Kier molecular flexibility index (Phi) is 11.4. The van der Waals surface area contributed by atoms with E-state index in [1.807, 2.05) is 0 Å². The maximum Gasteiger partial charge on any atom is 0.104 e. The topological polar surface area (TPSA) is 32.3 Å². The molecule has 0 saturated carbocycles. The van der Waals surface area contributed by atoms with Crippen LogP contribution in [0.25, 0.3) is 0 Å². The predicted molar refractivity (Wildman–Crippen MR) is 89.7 cm³/mol. The van der Waals surface area contributed by atoms with E-state index < -0.39 is 0 Å². The average Bonchev–Trinajstić information content (AvgIpc) is 2.38. The standard InChI is InChI=1S/C18H33NO/c1-15(2)9-6-10-16(3)11-7-12-17(4)13-8-14-18(20)19-5/h9,11,13,18-20H,6-8,10,12,14H2,1-5H3/b16-11+,17-13+. The van der Waals surface area contributed by atoms with Gasteiger partial charge in [-0.15, -0.1) is 0 Å². The van der Waals surface area contributed by atoms with Crippen LogP contribution in [0.4, 0.5) is 0 Å². The quantitative estimate of drug-likeness (QED) is 0.448. The van der Waals surface area contributed by atoms with E-state index in [1.165, 1.54) is 23.1 Å². The molecule has 0 aromatic heterocycles. The summed E-state index contributed by atoms with van der Waals surface area (Å²) in [7, 11) is 1.78. The monoisotopic (exact) mass is 279 g/mol. The number of hydrogen-bond donors (Lipinski definition) is 2. The highest BCUT2D eigenvalue weighted by Crippen LogP contribution is 2.12. The van der Waals surface area contributed by atoms with Gasteiger partial charge in [0.2, 0.25) is 0 Å². The Bertz CT molecular complexity index is 335. The van der Waals surface area contributed by atoms with Crippen LogP contribution in [0.2, 0.25) is 0 Å². The van der Waals surface area contributed by atoms with E-state index in [-0.39, 0.29) is 6.23 Å². The first-order valence-electron chi connectivity index (χ1n) is 7.75. The Balaban J connectivity index is 3.85. The zero-order valence-electron chi connectivity index (χ0n) is 14.0. The zero-order valence-corrected chi connectivity index (χ0v) is 14.0. The first kappa shape index (κ1) is 19.1. The van der Waals surface area contributed by atoms with E-state index >= 15 is 0 Å². The molecule has 0 saturated heterocycles. The molecule has 0 aliphatic carbocycles. The summed E-state index contributed by atoms with van der Waals surface area (Å²) in [4.78, 5) is 0. The van der Waals surface area contributed by atoms with Crippen molar-refractivity contribution in [1.29, 1.82) is 0 Å². The van der Waals surface area contributed by atoms with Gasteiger partial charge < -0.3 is 5.11 Å². The van der Waals surface area contributed by atoms with Crippen molar-refractivity contribution in [2.24, 2.45) is 0 Å². The van der Waals surface area contributed by atoms with Gasteiger partial charge in [0.25, 0.3) is 0 Å². The second kappa shape index (κ2) is 11.9. The summed E-state index contributed by atoms with van der Waals surface area (Å²) in [6, 6.07) is 0. The molecule has 0 rings (SSSR count). The molecule has 2 nitrogen and oxygen atoms in total. The molecule has 116 valence electrons. The summed E-state index contributed by atoms with van der Waals surface area (Å²) >= 11 is 0. The van der Waals surface area contributed by atoms with Crippen molar-refractivity contribution in [3.05, 3.63) is 34.9 Å². The highest BCUT2D eigenvalue weighted by atomic mass is 16.3. The number of aliphatic hydroxyl groups is 1. The number of allylic oxidation sites excluding steroid dienone is 6. The molecule has 1 atom stereocenters. The molecular weight excluding hydrogens is 246 g/mol. The molecule has 0 aromatic carbocycles. The third-order valence-corrected chi connectivity index (χ3v) is 3.39. The minimum Gasteiger partial charge on any atom is -0.379 e. The summed E-state index contributed by atoms with van der Waals surface area (Å²) in [6.07, 6.45) is 12.8. The van der Waals surface area contributed by atoms with E-state index in [0.29, 0.717) is 0 Å². The van der Waals surface area contributed by atoms with Gasteiger partial charge in [-0.25, -0.2) is 0 Å². The lowest BCUT2D eigenvalue weighted by Gasteiger charge is -2.07. The second-order valence-electron chi connectivity index (χ2n) is 5.84. The smallest absolute Gasteiger partial charge is 0.104 e. The van der Waals surface area contributed by atoms with Crippen LogP contribution in [0.5, 0.6) is 0 Å². The number of rotatable bonds is 10. The Labute approximate surface area is 125 Å². The molecule has 0 fully saturated rings. The Morgan fingerprint density at radius 3 is 1.90 bits per heavy atom. The zero-order chi connectivity index (χ0) is 15.4. The van der Waals surface area contributed by atoms with Crippen LogP contribution in [0.15, 0.2) is 34.9 Å². The molecule has 0 aromatic rings. The fourth-order valence-electron chi connectivity index (χ4n) is 1.97. The summed E-state index contributed by atoms with van der Waals surface area (Å²) in [6.45, 7) is 8.70. The molecule has 0 radical (unpaired) electrons. The Hall–Kier alpha value is -0.860. The minimum atomic E-state index is -0.378. The number of aliphatic hydroxyl groups excluding tert-OH is 1. The molecule has 0 spiro atoms. The van der Waals surface area contributed by atoms with Gasteiger partial charge in [-0.3, -0.25) is 5.32 Å². The van der Waals surface area contributed by atoms with Gasteiger partial charge in [-0.1, -0.05) is 34.9 Å². The van der Waals surface area contributed by atoms with Gasteiger partial charge in [-0.2, -0.15) is 0 Å². The van der Waals surface area contributed by atoms with Crippen molar-refractivity contribution in [1.82, 2.24) is 5.32 Å². The molecule has 0 aliphatic rings. The molecule has 0 amide bonds. The van der Waals surface area contributed by atoms with Crippen LogP contribution in [-0.2, 0) is 0 Å². The molecule has 20 heavy (non-hydrogen) atoms. The lowest BCUT2D eigenvalue weighted by atomic mass is 10.1. The Morgan fingerprint density at radius 2 is 1.40 bits per heavy atom. The first-order chi connectivity index (χ1) is 9.45. The fraction of sp³-hybridized carbons (Fsp3) is 0.667. The van der Waals surface area contributed by atoms with Gasteiger partial charge in [0.05, 0.1) is 0 Å². The summed E-state index contributed by atoms with van der Waals surface area (Å²) < 4.78 is 0. The van der Waals surface area contributed by atoms with Crippen molar-refractivity contribution < 1.29 is 5.11 Å². The van der Waals surface area contributed by atoms with Gasteiger partial charge in [0.15, 0.2) is 0 Å². The van der Waals surface area contributed by atoms with Crippen molar-refractivity contribution in [2.45, 2.75) is 72.4 Å². The van der Waals surface area contributed by atoms with Crippen molar-refractivity contribution in [3.8, 4) is 0 Å². The largest absolute Gasteiger partial charge is 0.379 e. The molecule has 1 unspecified atom stereocenters. The van der Waals surface area contributed by atoms with Gasteiger partial charge in [0.1, 0.15) is 6.23 Å².